The summed E-state index contributed by atoms with van der Waals surface area (Å²) in [5, 5.41) is 0. The van der Waals surface area contributed by atoms with Gasteiger partial charge in [0.15, 0.2) is 0 Å². The summed E-state index contributed by atoms with van der Waals surface area (Å²) in [5.74, 6) is 0. The summed E-state index contributed by atoms with van der Waals surface area (Å²) >= 11 is 6.50. The fraction of sp³-hybridized carbons (Fsp3) is 1.00. The Morgan fingerprint density at radius 2 is 1.88 bits per heavy atom. The van der Waals surface area contributed by atoms with Crippen LogP contribution in [0.2, 0.25) is 0 Å². The van der Waals surface area contributed by atoms with Crippen molar-refractivity contribution in [2.75, 3.05) is 6.54 Å². The molecule has 0 aromatic rings. The van der Waals surface area contributed by atoms with Crippen molar-refractivity contribution < 1.29 is 5.73 Å². The van der Waals surface area contributed by atoms with E-state index in [0.29, 0.717) is 0 Å². The molecule has 0 aliphatic heterocycles. The van der Waals surface area contributed by atoms with E-state index < -0.39 is 0 Å². The van der Waals surface area contributed by atoms with Crippen LogP contribution in [0.25, 0.3) is 0 Å². The van der Waals surface area contributed by atoms with Crippen LogP contribution in [0.1, 0.15) is 19.8 Å². The molecule has 2 radical (unpaired) electrons. The van der Waals surface area contributed by atoms with Gasteiger partial charge >= 0.3 is 39.8 Å². The molecular formula is C4H12Br2GeN+. The van der Waals surface area contributed by atoms with E-state index in [-0.39, 0.29) is 11.7 Å². The predicted molar refractivity (Wildman–Crippen MR) is 46.3 cm³/mol. The van der Waals surface area contributed by atoms with Crippen LogP contribution in [0.4, 0.5) is 0 Å². The third kappa shape index (κ3) is 26.0. The van der Waals surface area contributed by atoms with E-state index in [1.54, 1.807) is 0 Å². The van der Waals surface area contributed by atoms with Gasteiger partial charge < -0.3 is 5.73 Å². The average Bonchev–Trinajstić information content (AvgIpc) is 1.71. The molecule has 0 unspecified atom stereocenters. The van der Waals surface area contributed by atoms with E-state index in [2.05, 4.69) is 40.7 Å². The summed E-state index contributed by atoms with van der Waals surface area (Å²) in [5.41, 5.74) is 3.68. The normalized spacial score (nSPS) is 7.50. The second kappa shape index (κ2) is 15.8. The summed E-state index contributed by atoms with van der Waals surface area (Å²) in [7, 11) is 0. The Labute approximate surface area is 71.5 Å². The van der Waals surface area contributed by atoms with Crippen molar-refractivity contribution in [1.82, 2.24) is 0 Å². The van der Waals surface area contributed by atoms with Crippen molar-refractivity contribution in [1.29, 1.82) is 0 Å². The quantitative estimate of drug-likeness (QED) is 0.746. The van der Waals surface area contributed by atoms with Gasteiger partial charge in [-0.1, -0.05) is 13.3 Å². The van der Waals surface area contributed by atoms with Crippen molar-refractivity contribution in [3.05, 3.63) is 0 Å². The molecule has 1 nitrogen and oxygen atoms in total. The fourth-order valence-corrected chi connectivity index (χ4v) is 0.250. The molecule has 0 aliphatic rings. The van der Waals surface area contributed by atoms with E-state index in [9.17, 15) is 0 Å². The van der Waals surface area contributed by atoms with Crippen LogP contribution in [0, 0.1) is 0 Å². The van der Waals surface area contributed by atoms with Crippen molar-refractivity contribution in [2.24, 2.45) is 0 Å². The maximum atomic E-state index is 3.68. The molecule has 4 heteroatoms. The second-order valence-electron chi connectivity index (χ2n) is 1.28. The van der Waals surface area contributed by atoms with E-state index in [1.807, 2.05) is 0 Å². The van der Waals surface area contributed by atoms with Crippen LogP contribution in [-0.2, 0) is 0 Å². The van der Waals surface area contributed by atoms with Crippen LogP contribution >= 0.6 is 28.0 Å². The van der Waals surface area contributed by atoms with Crippen LogP contribution < -0.4 is 5.73 Å². The van der Waals surface area contributed by atoms with Gasteiger partial charge in [0.05, 0.1) is 6.54 Å². The summed E-state index contributed by atoms with van der Waals surface area (Å²) in [6, 6.07) is 0. The van der Waals surface area contributed by atoms with Crippen molar-refractivity contribution in [3.8, 4) is 0 Å². The molecule has 0 aromatic heterocycles. The Morgan fingerprint density at radius 1 is 1.50 bits per heavy atom. The number of rotatable bonds is 2. The Kier molecular flexibility index (Phi) is 24.0. The molecule has 0 amide bonds. The van der Waals surface area contributed by atoms with Crippen LogP contribution in [-0.4, -0.2) is 18.3 Å². The summed E-state index contributed by atoms with van der Waals surface area (Å²) < 4.78 is 0. The Morgan fingerprint density at radius 3 is 1.88 bits per heavy atom. The molecule has 0 rings (SSSR count). The summed E-state index contributed by atoms with van der Waals surface area (Å²) in [6.45, 7) is 3.27. The summed E-state index contributed by atoms with van der Waals surface area (Å²) in [4.78, 5) is 0. The third-order valence-corrected chi connectivity index (χ3v) is 0.604. The van der Waals surface area contributed by atoms with Gasteiger partial charge in [-0.2, -0.15) is 0 Å². The van der Waals surface area contributed by atoms with Crippen molar-refractivity contribution >= 4 is 39.8 Å². The van der Waals surface area contributed by atoms with Gasteiger partial charge in [-0.05, 0) is 6.42 Å². The minimum absolute atomic E-state index is 0.125. The zero-order chi connectivity index (χ0) is 6.83. The van der Waals surface area contributed by atoms with Gasteiger partial charge in [0, 0.05) is 0 Å². The van der Waals surface area contributed by atoms with Gasteiger partial charge in [0.25, 0.3) is 0 Å². The molecule has 0 spiro atoms. The summed E-state index contributed by atoms with van der Waals surface area (Å²) in [6.07, 6.45) is 2.56. The first-order valence-electron chi connectivity index (χ1n) is 2.59. The van der Waals surface area contributed by atoms with Gasteiger partial charge in [0.2, 0.25) is 0 Å². The number of quaternary nitrogens is 1. The van der Waals surface area contributed by atoms with E-state index in [0.717, 1.165) is 6.54 Å². The predicted octanol–water partition coefficient (Wildman–Crippen LogP) is 1.34. The molecule has 0 atom stereocenters. The van der Waals surface area contributed by atoms with Gasteiger partial charge in [-0.25, -0.2) is 0 Å². The van der Waals surface area contributed by atoms with Crippen LogP contribution in [0.3, 0.4) is 0 Å². The Hall–Kier alpha value is 1.46. The average molecular weight is 307 g/mol. The topological polar surface area (TPSA) is 27.6 Å². The zero-order valence-electron chi connectivity index (χ0n) is 5.08. The first-order valence-corrected chi connectivity index (χ1v) is 12.4. The van der Waals surface area contributed by atoms with Crippen LogP contribution in [0.15, 0.2) is 0 Å². The van der Waals surface area contributed by atoms with Crippen molar-refractivity contribution in [2.45, 2.75) is 19.8 Å². The first-order chi connectivity index (χ1) is 3.83. The van der Waals surface area contributed by atoms with E-state index >= 15 is 0 Å². The first kappa shape index (κ1) is 12.2. The molecule has 0 heterocycles. The van der Waals surface area contributed by atoms with E-state index in [1.165, 1.54) is 12.8 Å². The molecule has 3 N–H and O–H groups in total. The fourth-order valence-electron chi connectivity index (χ4n) is 0.250. The third-order valence-electron chi connectivity index (χ3n) is 0.604. The van der Waals surface area contributed by atoms with Gasteiger partial charge in [0.1, 0.15) is 0 Å². The van der Waals surface area contributed by atoms with Gasteiger partial charge in [-0.15, -0.1) is 0 Å². The molecule has 8 heavy (non-hydrogen) atoms. The molecule has 0 aliphatic carbocycles. The zero-order valence-corrected chi connectivity index (χ0v) is 10.4. The SMILES string of the molecule is CCCC[NH3+].[Br][Ge][Br]. The van der Waals surface area contributed by atoms with Crippen LogP contribution in [0.5, 0.6) is 0 Å². The molecule has 0 saturated carbocycles. The molecule has 0 saturated heterocycles. The number of halogens is 2. The number of hydrogen-bond acceptors (Lipinski definition) is 0. The molecular weight excluding hydrogens is 294 g/mol. The maximum absolute atomic E-state index is 3.68. The Bertz CT molecular complexity index is 28.0. The number of unbranched alkanes of at least 4 members (excludes halogenated alkanes) is 1. The van der Waals surface area contributed by atoms with Gasteiger partial charge in [-0.3, -0.25) is 0 Å². The second-order valence-corrected chi connectivity index (χ2v) is 11.2. The van der Waals surface area contributed by atoms with Crippen molar-refractivity contribution in [3.63, 3.8) is 0 Å². The number of hydrogen-bond donors (Lipinski definition) is 1. The Balaban J connectivity index is 0. The molecule has 0 bridgehead atoms. The molecule has 50 valence electrons. The van der Waals surface area contributed by atoms with E-state index in [4.69, 9.17) is 0 Å². The molecule has 0 fully saturated rings. The standard InChI is InChI=1S/C4H11N.Br2Ge/c1-2-3-4-5;1-3-2/h2-5H2,1H3;/p+1. The monoisotopic (exact) mass is 306 g/mol. The molecule has 0 aromatic carbocycles. The minimum atomic E-state index is 0.125.